The lowest BCUT2D eigenvalue weighted by Crippen LogP contribution is -2.09. The quantitative estimate of drug-likeness (QED) is 0.489. The van der Waals surface area contributed by atoms with Gasteiger partial charge in [-0.25, -0.2) is 4.79 Å². The molecule has 0 heterocycles. The third-order valence-corrected chi connectivity index (χ3v) is 2.45. The molecule has 0 unspecified atom stereocenters. The van der Waals surface area contributed by atoms with Crippen LogP contribution in [0.15, 0.2) is 18.2 Å². The minimum atomic E-state index is -0.406. The molecule has 0 spiro atoms. The summed E-state index contributed by atoms with van der Waals surface area (Å²) >= 11 is 5.78. The molecule has 4 heteroatoms. The van der Waals surface area contributed by atoms with Crippen LogP contribution in [0.3, 0.4) is 0 Å². The van der Waals surface area contributed by atoms with Crippen molar-refractivity contribution < 1.29 is 9.53 Å². The van der Waals surface area contributed by atoms with E-state index in [0.29, 0.717) is 22.9 Å². The number of rotatable bonds is 5. The lowest BCUT2D eigenvalue weighted by atomic mass is 10.2. The van der Waals surface area contributed by atoms with Crippen LogP contribution in [0.1, 0.15) is 36.5 Å². The number of esters is 1. The molecule has 16 heavy (non-hydrogen) atoms. The second-order valence-corrected chi connectivity index (χ2v) is 4.01. The Kier molecular flexibility index (Phi) is 5.12. The smallest absolute Gasteiger partial charge is 0.340 e. The summed E-state index contributed by atoms with van der Waals surface area (Å²) in [6.07, 6.45) is 3.03. The summed E-state index contributed by atoms with van der Waals surface area (Å²) in [5.41, 5.74) is 6.39. The molecule has 0 aromatic heterocycles. The van der Waals surface area contributed by atoms with Crippen molar-refractivity contribution in [2.45, 2.75) is 26.2 Å². The Hall–Kier alpha value is -1.22. The number of carbonyl (C=O) groups excluding carboxylic acids is 1. The number of hydrogen-bond donors (Lipinski definition) is 1. The maximum absolute atomic E-state index is 11.6. The van der Waals surface area contributed by atoms with E-state index in [0.717, 1.165) is 19.3 Å². The number of hydrogen-bond acceptors (Lipinski definition) is 3. The van der Waals surface area contributed by atoms with Gasteiger partial charge < -0.3 is 10.5 Å². The second kappa shape index (κ2) is 6.38. The van der Waals surface area contributed by atoms with Gasteiger partial charge in [0, 0.05) is 10.7 Å². The molecule has 0 amide bonds. The number of nitrogens with two attached hydrogens (primary N) is 1. The average molecular weight is 242 g/mol. The third-order valence-electron chi connectivity index (χ3n) is 2.22. The maximum Gasteiger partial charge on any atom is 0.340 e. The zero-order valence-electron chi connectivity index (χ0n) is 9.33. The van der Waals surface area contributed by atoms with Crippen molar-refractivity contribution in [1.82, 2.24) is 0 Å². The molecule has 1 aromatic carbocycles. The maximum atomic E-state index is 11.6. The van der Waals surface area contributed by atoms with Crippen LogP contribution in [-0.2, 0) is 4.74 Å². The van der Waals surface area contributed by atoms with E-state index in [1.54, 1.807) is 12.1 Å². The molecule has 0 saturated carbocycles. The Morgan fingerprint density at radius 3 is 2.88 bits per heavy atom. The normalized spacial score (nSPS) is 10.1. The Balaban J connectivity index is 2.55. The molecule has 0 aliphatic carbocycles. The van der Waals surface area contributed by atoms with Gasteiger partial charge >= 0.3 is 5.97 Å². The predicted molar refractivity (Wildman–Crippen MR) is 65.7 cm³/mol. The highest BCUT2D eigenvalue weighted by Gasteiger charge is 2.11. The van der Waals surface area contributed by atoms with E-state index in [2.05, 4.69) is 6.92 Å². The molecular formula is C12H16ClNO2. The molecule has 0 aliphatic rings. The third kappa shape index (κ3) is 3.74. The minimum absolute atomic E-state index is 0.337. The number of benzene rings is 1. The van der Waals surface area contributed by atoms with Crippen molar-refractivity contribution in [3.63, 3.8) is 0 Å². The van der Waals surface area contributed by atoms with Crippen LogP contribution in [-0.4, -0.2) is 12.6 Å². The highest BCUT2D eigenvalue weighted by atomic mass is 35.5. The first kappa shape index (κ1) is 12.8. The van der Waals surface area contributed by atoms with E-state index in [1.807, 2.05) is 0 Å². The molecule has 0 aliphatic heterocycles. The van der Waals surface area contributed by atoms with Crippen molar-refractivity contribution in [3.05, 3.63) is 28.8 Å². The molecule has 2 N–H and O–H groups in total. The van der Waals surface area contributed by atoms with E-state index in [9.17, 15) is 4.79 Å². The number of halogens is 1. The molecule has 0 fully saturated rings. The van der Waals surface area contributed by atoms with Crippen LogP contribution < -0.4 is 5.73 Å². The standard InChI is InChI=1S/C12H16ClNO2/c1-2-3-4-7-16-12(15)10-8-9(13)5-6-11(10)14/h5-6,8H,2-4,7,14H2,1H3. The summed E-state index contributed by atoms with van der Waals surface area (Å²) in [6.45, 7) is 2.52. The second-order valence-electron chi connectivity index (χ2n) is 3.57. The van der Waals surface area contributed by atoms with Gasteiger partial charge in [0.1, 0.15) is 0 Å². The van der Waals surface area contributed by atoms with Gasteiger partial charge in [0.2, 0.25) is 0 Å². The van der Waals surface area contributed by atoms with Crippen molar-refractivity contribution in [1.29, 1.82) is 0 Å². The van der Waals surface area contributed by atoms with Gasteiger partial charge in [-0.2, -0.15) is 0 Å². The van der Waals surface area contributed by atoms with Crippen molar-refractivity contribution in [2.24, 2.45) is 0 Å². The number of nitrogen functional groups attached to an aromatic ring is 1. The lowest BCUT2D eigenvalue weighted by molar-refractivity contribution is 0.0499. The fourth-order valence-electron chi connectivity index (χ4n) is 1.30. The minimum Gasteiger partial charge on any atom is -0.462 e. The number of anilines is 1. The number of carbonyl (C=O) groups is 1. The Morgan fingerprint density at radius 1 is 1.44 bits per heavy atom. The lowest BCUT2D eigenvalue weighted by Gasteiger charge is -2.06. The summed E-state index contributed by atoms with van der Waals surface area (Å²) in [5.74, 6) is -0.406. The van der Waals surface area contributed by atoms with E-state index < -0.39 is 5.97 Å². The van der Waals surface area contributed by atoms with Gasteiger partial charge in [0.15, 0.2) is 0 Å². The zero-order valence-corrected chi connectivity index (χ0v) is 10.1. The highest BCUT2D eigenvalue weighted by molar-refractivity contribution is 6.31. The van der Waals surface area contributed by atoms with Gasteiger partial charge in [0.25, 0.3) is 0 Å². The van der Waals surface area contributed by atoms with Gasteiger partial charge in [-0.3, -0.25) is 0 Å². The molecule has 0 atom stereocenters. The van der Waals surface area contributed by atoms with Crippen LogP contribution in [0.5, 0.6) is 0 Å². The Morgan fingerprint density at radius 2 is 2.19 bits per heavy atom. The van der Waals surface area contributed by atoms with Gasteiger partial charge in [-0.15, -0.1) is 0 Å². The fourth-order valence-corrected chi connectivity index (χ4v) is 1.47. The monoisotopic (exact) mass is 241 g/mol. The van der Waals surface area contributed by atoms with Crippen molar-refractivity contribution >= 4 is 23.3 Å². The van der Waals surface area contributed by atoms with E-state index >= 15 is 0 Å². The Bertz CT molecular complexity index is 366. The summed E-state index contributed by atoms with van der Waals surface area (Å²) in [6, 6.07) is 4.77. The van der Waals surface area contributed by atoms with Gasteiger partial charge in [0.05, 0.1) is 12.2 Å². The Labute approximate surface area is 101 Å². The SMILES string of the molecule is CCCCCOC(=O)c1cc(Cl)ccc1N. The highest BCUT2D eigenvalue weighted by Crippen LogP contribution is 2.18. The van der Waals surface area contributed by atoms with E-state index in [1.165, 1.54) is 6.07 Å². The molecule has 1 rings (SSSR count). The first-order valence-electron chi connectivity index (χ1n) is 5.37. The first-order chi connectivity index (χ1) is 7.65. The molecule has 0 radical (unpaired) electrons. The number of unbranched alkanes of at least 4 members (excludes halogenated alkanes) is 2. The van der Waals surface area contributed by atoms with E-state index in [4.69, 9.17) is 22.1 Å². The largest absolute Gasteiger partial charge is 0.462 e. The summed E-state index contributed by atoms with van der Waals surface area (Å²) in [4.78, 5) is 11.6. The first-order valence-corrected chi connectivity index (χ1v) is 5.75. The summed E-state index contributed by atoms with van der Waals surface area (Å²) in [5, 5.41) is 0.481. The number of ether oxygens (including phenoxy) is 1. The van der Waals surface area contributed by atoms with Crippen LogP contribution in [0.2, 0.25) is 5.02 Å². The van der Waals surface area contributed by atoms with Crippen LogP contribution in [0, 0.1) is 0 Å². The molecule has 0 bridgehead atoms. The van der Waals surface area contributed by atoms with Crippen molar-refractivity contribution in [2.75, 3.05) is 12.3 Å². The van der Waals surface area contributed by atoms with Gasteiger partial charge in [-0.05, 0) is 24.6 Å². The average Bonchev–Trinajstić information content (AvgIpc) is 2.27. The molecule has 0 saturated heterocycles. The molecule has 88 valence electrons. The van der Waals surface area contributed by atoms with Crippen LogP contribution >= 0.6 is 11.6 Å². The summed E-state index contributed by atoms with van der Waals surface area (Å²) in [7, 11) is 0. The van der Waals surface area contributed by atoms with Crippen LogP contribution in [0.25, 0.3) is 0 Å². The molecule has 1 aromatic rings. The molecule has 3 nitrogen and oxygen atoms in total. The van der Waals surface area contributed by atoms with Crippen LogP contribution in [0.4, 0.5) is 5.69 Å². The van der Waals surface area contributed by atoms with Gasteiger partial charge in [-0.1, -0.05) is 31.4 Å². The predicted octanol–water partition coefficient (Wildman–Crippen LogP) is 3.27. The van der Waals surface area contributed by atoms with E-state index in [-0.39, 0.29) is 0 Å². The zero-order chi connectivity index (χ0) is 12.0. The molecular weight excluding hydrogens is 226 g/mol. The summed E-state index contributed by atoms with van der Waals surface area (Å²) < 4.78 is 5.09. The van der Waals surface area contributed by atoms with Crippen molar-refractivity contribution in [3.8, 4) is 0 Å². The fraction of sp³-hybridized carbons (Fsp3) is 0.417. The topological polar surface area (TPSA) is 52.3 Å².